The molecule has 5 rings (SSSR count). The molecule has 2 heterocycles. The van der Waals surface area contributed by atoms with Crippen LogP contribution >= 0.6 is 23.1 Å². The summed E-state index contributed by atoms with van der Waals surface area (Å²) < 4.78 is 16.4. The zero-order valence-corrected chi connectivity index (χ0v) is 25.5. The van der Waals surface area contributed by atoms with E-state index in [0.717, 1.165) is 11.3 Å². The number of hydrogen-bond acceptors (Lipinski definition) is 7. The van der Waals surface area contributed by atoms with E-state index >= 15 is 0 Å². The molecule has 9 heteroatoms. The maximum Gasteiger partial charge on any atom is 0.256 e. The van der Waals surface area contributed by atoms with E-state index in [0.29, 0.717) is 35.1 Å². The normalized spacial score (nSPS) is 16.3. The Labute approximate surface area is 254 Å². The van der Waals surface area contributed by atoms with Gasteiger partial charge in [0.1, 0.15) is 11.4 Å². The number of carbonyl (C=O) groups is 2. The van der Waals surface area contributed by atoms with Crippen LogP contribution in [0.15, 0.2) is 90.3 Å². The van der Waals surface area contributed by atoms with E-state index in [-0.39, 0.29) is 23.1 Å². The predicted octanol–water partition coefficient (Wildman–Crippen LogP) is 6.37. The molecule has 2 unspecified atom stereocenters. The van der Waals surface area contributed by atoms with Gasteiger partial charge in [-0.1, -0.05) is 66.7 Å². The van der Waals surface area contributed by atoms with Crippen LogP contribution in [-0.2, 0) is 4.79 Å². The van der Waals surface area contributed by atoms with E-state index in [1.54, 1.807) is 40.1 Å². The van der Waals surface area contributed by atoms with Gasteiger partial charge in [-0.25, -0.2) is 0 Å². The first-order chi connectivity index (χ1) is 20.5. The van der Waals surface area contributed by atoms with Gasteiger partial charge in [-0.2, -0.15) is 0 Å². The van der Waals surface area contributed by atoms with Gasteiger partial charge < -0.3 is 24.4 Å². The third kappa shape index (κ3) is 6.27. The Morgan fingerprint density at radius 3 is 2.02 bits per heavy atom. The summed E-state index contributed by atoms with van der Waals surface area (Å²) in [7, 11) is 4.55. The van der Waals surface area contributed by atoms with Crippen LogP contribution in [0.1, 0.15) is 44.1 Å². The first-order valence-electron chi connectivity index (χ1n) is 13.7. The minimum absolute atomic E-state index is 0.140. The van der Waals surface area contributed by atoms with Crippen LogP contribution in [-0.4, -0.2) is 56.4 Å². The zero-order valence-electron chi connectivity index (χ0n) is 23.8. The molecule has 1 aliphatic heterocycles. The number of nitrogens with one attached hydrogen (secondary N) is 1. The van der Waals surface area contributed by atoms with Crippen molar-refractivity contribution in [3.63, 3.8) is 0 Å². The maximum absolute atomic E-state index is 14.1. The highest BCUT2D eigenvalue weighted by Gasteiger charge is 2.43. The lowest BCUT2D eigenvalue weighted by Crippen LogP contribution is -2.48. The van der Waals surface area contributed by atoms with Crippen molar-refractivity contribution in [1.82, 2.24) is 10.2 Å². The minimum atomic E-state index is -0.638. The summed E-state index contributed by atoms with van der Waals surface area (Å²) in [6.45, 7) is 0.477. The number of thioether (sulfide) groups is 1. The summed E-state index contributed by atoms with van der Waals surface area (Å²) in [6.07, 6.45) is 0.731. The van der Waals surface area contributed by atoms with Crippen LogP contribution in [0.3, 0.4) is 0 Å². The average Bonchev–Trinajstić information content (AvgIpc) is 3.73. The van der Waals surface area contributed by atoms with Gasteiger partial charge in [-0.05, 0) is 41.1 Å². The lowest BCUT2D eigenvalue weighted by molar-refractivity contribution is -0.124. The quantitative estimate of drug-likeness (QED) is 0.215. The molecule has 3 aromatic carbocycles. The number of benzene rings is 3. The van der Waals surface area contributed by atoms with Crippen LogP contribution in [0.2, 0.25) is 0 Å². The van der Waals surface area contributed by atoms with Crippen molar-refractivity contribution in [2.24, 2.45) is 0 Å². The van der Waals surface area contributed by atoms with E-state index in [1.165, 1.54) is 32.5 Å². The number of amides is 2. The lowest BCUT2D eigenvalue weighted by atomic mass is 9.88. The summed E-state index contributed by atoms with van der Waals surface area (Å²) in [5, 5.41) is 4.85. The second-order valence-corrected chi connectivity index (χ2v) is 11.9. The number of nitrogens with zero attached hydrogens (tertiary/aromatic N) is 1. The second-order valence-electron chi connectivity index (χ2n) is 9.80. The van der Waals surface area contributed by atoms with Crippen molar-refractivity contribution in [2.75, 3.05) is 33.6 Å². The van der Waals surface area contributed by atoms with Crippen molar-refractivity contribution in [2.45, 2.75) is 23.8 Å². The van der Waals surface area contributed by atoms with E-state index in [1.807, 2.05) is 53.9 Å². The van der Waals surface area contributed by atoms with Crippen LogP contribution in [0, 0.1) is 0 Å². The predicted molar refractivity (Wildman–Crippen MR) is 168 cm³/mol. The number of hydrogen-bond donors (Lipinski definition) is 1. The zero-order chi connectivity index (χ0) is 29.5. The number of carbonyl (C=O) groups excluding carboxylic acids is 2. The molecule has 1 fully saturated rings. The van der Waals surface area contributed by atoms with Crippen molar-refractivity contribution < 1.29 is 23.8 Å². The number of rotatable bonds is 11. The van der Waals surface area contributed by atoms with Crippen molar-refractivity contribution in [3.8, 4) is 17.2 Å². The second kappa shape index (κ2) is 13.8. The molecule has 0 spiro atoms. The molecule has 0 saturated carbocycles. The Morgan fingerprint density at radius 2 is 1.50 bits per heavy atom. The molecule has 218 valence electrons. The van der Waals surface area contributed by atoms with Gasteiger partial charge in [0.05, 0.1) is 21.3 Å². The van der Waals surface area contributed by atoms with Gasteiger partial charge >= 0.3 is 0 Å². The Kier molecular flexibility index (Phi) is 9.71. The lowest BCUT2D eigenvalue weighted by Gasteiger charge is -2.29. The standard InChI is InChI=1S/C33H34N2O5S2/c1-38-27-19-24(20-28(39-2)30(27)40-3)32(37)35-26(21-42-33(35)29-15-10-18-41-29)31(36)34-17-16-25(22-11-6-4-7-12-22)23-13-8-5-9-14-23/h4-15,18-20,25-26,33H,16-17,21H2,1-3H3,(H,34,36). The topological polar surface area (TPSA) is 77.1 Å². The molecule has 0 radical (unpaired) electrons. The molecule has 2 amide bonds. The first kappa shape index (κ1) is 29.5. The smallest absolute Gasteiger partial charge is 0.256 e. The van der Waals surface area contributed by atoms with E-state index in [9.17, 15) is 9.59 Å². The van der Waals surface area contributed by atoms with Crippen molar-refractivity contribution in [1.29, 1.82) is 0 Å². The molecule has 0 aliphatic carbocycles. The summed E-state index contributed by atoms with van der Waals surface area (Å²) in [5.74, 6) is 1.36. The average molecular weight is 603 g/mol. The fourth-order valence-corrected chi connectivity index (χ4v) is 7.71. The van der Waals surface area contributed by atoms with Gasteiger partial charge in [-0.3, -0.25) is 9.59 Å². The number of thiophene rings is 1. The molecule has 1 N–H and O–H groups in total. The SMILES string of the molecule is COc1cc(C(=O)N2C(C(=O)NCCC(c3ccccc3)c3ccccc3)CSC2c2cccs2)cc(OC)c1OC. The highest BCUT2D eigenvalue weighted by molar-refractivity contribution is 7.99. The highest BCUT2D eigenvalue weighted by atomic mass is 32.2. The molecule has 7 nitrogen and oxygen atoms in total. The Hall–Kier alpha value is -3.95. The monoisotopic (exact) mass is 602 g/mol. The summed E-state index contributed by atoms with van der Waals surface area (Å²) in [6, 6.07) is 27.3. The first-order valence-corrected chi connectivity index (χ1v) is 15.6. The van der Waals surface area contributed by atoms with Gasteiger partial charge in [0.25, 0.3) is 5.91 Å². The van der Waals surface area contributed by atoms with E-state index < -0.39 is 6.04 Å². The third-order valence-corrected chi connectivity index (χ3v) is 9.75. The molecule has 42 heavy (non-hydrogen) atoms. The van der Waals surface area contributed by atoms with Gasteiger partial charge in [0.2, 0.25) is 11.7 Å². The third-order valence-electron chi connectivity index (χ3n) is 7.37. The van der Waals surface area contributed by atoms with Crippen LogP contribution < -0.4 is 19.5 Å². The molecule has 1 aliphatic rings. The largest absolute Gasteiger partial charge is 0.493 e. The fourth-order valence-electron chi connectivity index (χ4n) is 5.31. The van der Waals surface area contributed by atoms with Gasteiger partial charge in [0.15, 0.2) is 11.5 Å². The highest BCUT2D eigenvalue weighted by Crippen LogP contribution is 2.45. The van der Waals surface area contributed by atoms with Crippen LogP contribution in [0.25, 0.3) is 0 Å². The van der Waals surface area contributed by atoms with Crippen LogP contribution in [0.4, 0.5) is 0 Å². The molecule has 1 saturated heterocycles. The number of methoxy groups -OCH3 is 3. The van der Waals surface area contributed by atoms with E-state index in [4.69, 9.17) is 14.2 Å². The summed E-state index contributed by atoms with van der Waals surface area (Å²) in [4.78, 5) is 30.6. The molecule has 2 atom stereocenters. The molecule has 4 aromatic rings. The van der Waals surface area contributed by atoms with E-state index in [2.05, 4.69) is 29.6 Å². The number of ether oxygens (including phenoxy) is 3. The fraction of sp³-hybridized carbons (Fsp3) is 0.273. The minimum Gasteiger partial charge on any atom is -0.493 e. The summed E-state index contributed by atoms with van der Waals surface area (Å²) in [5.41, 5.74) is 2.76. The van der Waals surface area contributed by atoms with Gasteiger partial charge in [0, 0.05) is 28.7 Å². The Balaban J connectivity index is 1.38. The molecule has 0 bridgehead atoms. The Bertz CT molecular complexity index is 1420. The van der Waals surface area contributed by atoms with Crippen molar-refractivity contribution in [3.05, 3.63) is 112 Å². The Morgan fingerprint density at radius 1 is 0.881 bits per heavy atom. The molecule has 1 aromatic heterocycles. The summed E-state index contributed by atoms with van der Waals surface area (Å²) >= 11 is 3.17. The molecular formula is C33H34N2O5S2. The van der Waals surface area contributed by atoms with Crippen molar-refractivity contribution >= 4 is 34.9 Å². The van der Waals surface area contributed by atoms with Crippen LogP contribution in [0.5, 0.6) is 17.2 Å². The molecular weight excluding hydrogens is 569 g/mol. The maximum atomic E-state index is 14.1. The van der Waals surface area contributed by atoms with Gasteiger partial charge in [-0.15, -0.1) is 23.1 Å².